The maximum absolute atomic E-state index is 12.8. The highest BCUT2D eigenvalue weighted by Crippen LogP contribution is 2.34. The first-order chi connectivity index (χ1) is 15.7. The highest BCUT2D eigenvalue weighted by Gasteiger charge is 2.23. The van der Waals surface area contributed by atoms with Crippen molar-refractivity contribution in [3.8, 4) is 5.75 Å². The average molecular weight is 522 g/mol. The molecule has 0 saturated carbocycles. The number of hydrogen-bond acceptors (Lipinski definition) is 5. The fourth-order valence-electron chi connectivity index (χ4n) is 4.51. The molecular weight excluding hydrogens is 491 g/mol. The molecule has 34 heavy (non-hydrogen) atoms. The molecule has 6 nitrogen and oxygen atoms in total. The Labute approximate surface area is 216 Å². The zero-order valence-corrected chi connectivity index (χ0v) is 21.3. The second kappa shape index (κ2) is 12.0. The summed E-state index contributed by atoms with van der Waals surface area (Å²) >= 11 is 1.51. The van der Waals surface area contributed by atoms with Crippen LogP contribution in [0.1, 0.15) is 30.5 Å². The quantitative estimate of drug-likeness (QED) is 0.468. The fourth-order valence-corrected chi connectivity index (χ4v) is 5.51. The van der Waals surface area contributed by atoms with Crippen LogP contribution in [-0.4, -0.2) is 51.5 Å². The van der Waals surface area contributed by atoms with Crippen molar-refractivity contribution >= 4 is 54.2 Å². The van der Waals surface area contributed by atoms with Gasteiger partial charge in [0.05, 0.1) is 21.8 Å². The Morgan fingerprint density at radius 3 is 2.65 bits per heavy atom. The monoisotopic (exact) mass is 520 g/mol. The van der Waals surface area contributed by atoms with Crippen LogP contribution in [0.15, 0.2) is 58.6 Å². The Hall–Kier alpha value is -2.19. The van der Waals surface area contributed by atoms with Crippen LogP contribution in [0.5, 0.6) is 5.75 Å². The SMILES string of the molecule is Cl.Cl.O=C(NCC1CCN(CCCc2ccc(O)cc2)CC1)C1=Cc2cnc3cccc(n23)S1. The van der Waals surface area contributed by atoms with E-state index in [1.54, 1.807) is 12.1 Å². The normalized spacial score (nSPS) is 15.8. The Balaban J connectivity index is 0.00000162. The molecule has 2 aliphatic rings. The van der Waals surface area contributed by atoms with Gasteiger partial charge < -0.3 is 15.3 Å². The highest BCUT2D eigenvalue weighted by molar-refractivity contribution is 8.04. The molecule has 9 heteroatoms. The van der Waals surface area contributed by atoms with Crippen LogP contribution in [0.25, 0.3) is 11.7 Å². The van der Waals surface area contributed by atoms with Crippen molar-refractivity contribution in [1.29, 1.82) is 0 Å². The smallest absolute Gasteiger partial charge is 0.258 e. The zero-order chi connectivity index (χ0) is 21.9. The van der Waals surface area contributed by atoms with E-state index < -0.39 is 0 Å². The Bertz CT molecular complexity index is 1140. The molecule has 3 aromatic rings. The molecule has 0 spiro atoms. The molecule has 2 N–H and O–H groups in total. The molecule has 2 aromatic heterocycles. The van der Waals surface area contributed by atoms with Crippen molar-refractivity contribution < 1.29 is 9.90 Å². The lowest BCUT2D eigenvalue weighted by atomic mass is 9.96. The second-order valence-electron chi connectivity index (χ2n) is 8.62. The van der Waals surface area contributed by atoms with Gasteiger partial charge in [0, 0.05) is 6.54 Å². The van der Waals surface area contributed by atoms with E-state index in [1.807, 2.05) is 42.6 Å². The highest BCUT2D eigenvalue weighted by atomic mass is 35.5. The van der Waals surface area contributed by atoms with Gasteiger partial charge in [0.25, 0.3) is 5.91 Å². The van der Waals surface area contributed by atoms with E-state index in [4.69, 9.17) is 0 Å². The van der Waals surface area contributed by atoms with Crippen LogP contribution in [-0.2, 0) is 11.2 Å². The van der Waals surface area contributed by atoms with Gasteiger partial charge in [0.2, 0.25) is 0 Å². The largest absolute Gasteiger partial charge is 0.508 e. The minimum Gasteiger partial charge on any atom is -0.508 e. The molecule has 1 saturated heterocycles. The first-order valence-electron chi connectivity index (χ1n) is 11.3. The molecule has 1 aromatic carbocycles. The second-order valence-corrected chi connectivity index (χ2v) is 9.68. The molecule has 1 fully saturated rings. The van der Waals surface area contributed by atoms with E-state index in [0.717, 1.165) is 73.1 Å². The lowest BCUT2D eigenvalue weighted by molar-refractivity contribution is -0.117. The van der Waals surface area contributed by atoms with Gasteiger partial charge in [-0.3, -0.25) is 9.20 Å². The van der Waals surface area contributed by atoms with E-state index in [2.05, 4.69) is 19.6 Å². The Morgan fingerprint density at radius 1 is 1.12 bits per heavy atom. The molecular formula is C25H30Cl2N4O2S. The summed E-state index contributed by atoms with van der Waals surface area (Å²) in [5.41, 5.74) is 3.14. The summed E-state index contributed by atoms with van der Waals surface area (Å²) in [6.07, 6.45) is 8.17. The molecule has 182 valence electrons. The standard InChI is InChI=1S/C25H28N4O2S.2ClH/c30-21-8-6-18(7-9-21)3-2-12-28-13-10-19(11-14-28)16-27-25(31)22-15-20-17-26-23-4-1-5-24(32-22)29(20)23;;/h1,4-9,15,17,19,30H,2-3,10-14,16H2,(H,27,31);2*1H. The van der Waals surface area contributed by atoms with Crippen LogP contribution in [0, 0.1) is 5.92 Å². The molecule has 5 rings (SSSR count). The number of carbonyl (C=O) groups is 1. The number of rotatable bonds is 7. The Morgan fingerprint density at radius 2 is 1.88 bits per heavy atom. The minimum atomic E-state index is 0. The fraction of sp³-hybridized carbons (Fsp3) is 0.360. The number of phenols is 1. The first kappa shape index (κ1) is 26.4. The summed E-state index contributed by atoms with van der Waals surface area (Å²) in [5, 5.41) is 13.6. The van der Waals surface area contributed by atoms with Gasteiger partial charge in [-0.15, -0.1) is 24.8 Å². The number of nitrogens with one attached hydrogen (secondary N) is 1. The summed E-state index contributed by atoms with van der Waals surface area (Å²) < 4.78 is 2.08. The summed E-state index contributed by atoms with van der Waals surface area (Å²) in [6, 6.07) is 13.5. The van der Waals surface area contributed by atoms with Gasteiger partial charge in [0.1, 0.15) is 11.4 Å². The lowest BCUT2D eigenvalue weighted by Crippen LogP contribution is -2.39. The molecule has 0 bridgehead atoms. The summed E-state index contributed by atoms with van der Waals surface area (Å²) in [4.78, 5) is 20.5. The number of piperidine rings is 1. The number of phenolic OH excluding ortho intramolecular Hbond substituents is 1. The zero-order valence-electron chi connectivity index (χ0n) is 18.9. The van der Waals surface area contributed by atoms with Crippen LogP contribution in [0.4, 0.5) is 0 Å². The van der Waals surface area contributed by atoms with E-state index in [9.17, 15) is 9.90 Å². The number of amides is 1. The van der Waals surface area contributed by atoms with Gasteiger partial charge in [-0.1, -0.05) is 30.0 Å². The summed E-state index contributed by atoms with van der Waals surface area (Å²) in [7, 11) is 0. The van der Waals surface area contributed by atoms with Crippen molar-refractivity contribution in [2.75, 3.05) is 26.2 Å². The number of halogens is 2. The van der Waals surface area contributed by atoms with Crippen molar-refractivity contribution in [3.05, 3.63) is 64.8 Å². The third kappa shape index (κ3) is 6.08. The van der Waals surface area contributed by atoms with Crippen molar-refractivity contribution in [1.82, 2.24) is 19.6 Å². The van der Waals surface area contributed by atoms with Crippen molar-refractivity contribution in [3.63, 3.8) is 0 Å². The third-order valence-electron chi connectivity index (χ3n) is 6.37. The number of aromatic hydroxyl groups is 1. The number of imidazole rings is 1. The van der Waals surface area contributed by atoms with Crippen molar-refractivity contribution in [2.45, 2.75) is 30.7 Å². The van der Waals surface area contributed by atoms with E-state index in [-0.39, 0.29) is 30.7 Å². The predicted octanol–water partition coefficient (Wildman–Crippen LogP) is 4.79. The van der Waals surface area contributed by atoms with E-state index in [1.165, 1.54) is 17.3 Å². The number of pyridine rings is 1. The maximum Gasteiger partial charge on any atom is 0.258 e. The maximum atomic E-state index is 12.8. The number of hydrogen-bond donors (Lipinski definition) is 2. The van der Waals surface area contributed by atoms with Gasteiger partial charge in [-0.2, -0.15) is 0 Å². The molecule has 4 heterocycles. The van der Waals surface area contributed by atoms with Crippen LogP contribution in [0.2, 0.25) is 0 Å². The Kier molecular flexibility index (Phi) is 9.31. The van der Waals surface area contributed by atoms with Gasteiger partial charge in [-0.25, -0.2) is 4.98 Å². The first-order valence-corrected chi connectivity index (χ1v) is 12.1. The van der Waals surface area contributed by atoms with Crippen LogP contribution >= 0.6 is 36.6 Å². The third-order valence-corrected chi connectivity index (χ3v) is 7.42. The average Bonchev–Trinajstić information content (AvgIpc) is 3.24. The number of likely N-dealkylation sites (tertiary alicyclic amines) is 1. The summed E-state index contributed by atoms with van der Waals surface area (Å²) in [5.74, 6) is 0.872. The van der Waals surface area contributed by atoms with E-state index >= 15 is 0 Å². The summed E-state index contributed by atoms with van der Waals surface area (Å²) in [6.45, 7) is 4.02. The number of nitrogens with zero attached hydrogens (tertiary/aromatic N) is 3. The molecule has 0 atom stereocenters. The number of aromatic nitrogens is 2. The molecule has 1 amide bonds. The minimum absolute atomic E-state index is 0. The molecule has 2 aliphatic heterocycles. The van der Waals surface area contributed by atoms with Gasteiger partial charge in [-0.05, 0) is 87.1 Å². The van der Waals surface area contributed by atoms with Gasteiger partial charge in [0.15, 0.2) is 0 Å². The topological polar surface area (TPSA) is 69.9 Å². The number of thioether (sulfide) groups is 1. The van der Waals surface area contributed by atoms with Gasteiger partial charge >= 0.3 is 0 Å². The van der Waals surface area contributed by atoms with Crippen LogP contribution in [0.3, 0.4) is 0 Å². The lowest BCUT2D eigenvalue weighted by Gasteiger charge is -2.32. The number of carbonyl (C=O) groups excluding carboxylic acids is 1. The predicted molar refractivity (Wildman–Crippen MR) is 142 cm³/mol. The molecule has 0 radical (unpaired) electrons. The molecule has 0 aliphatic carbocycles. The van der Waals surface area contributed by atoms with Crippen molar-refractivity contribution in [2.24, 2.45) is 5.92 Å². The molecule has 0 unspecified atom stereocenters. The van der Waals surface area contributed by atoms with Crippen LogP contribution < -0.4 is 5.32 Å². The number of aryl methyl sites for hydroxylation is 1. The number of benzene rings is 1. The van der Waals surface area contributed by atoms with E-state index in [0.29, 0.717) is 11.7 Å².